The van der Waals surface area contributed by atoms with Crippen LogP contribution >= 0.6 is 0 Å². The molecule has 3 aromatic carbocycles. The molecule has 0 spiro atoms. The zero-order chi connectivity index (χ0) is 26.7. The van der Waals surface area contributed by atoms with E-state index < -0.39 is 23.6 Å². The molecule has 2 amide bonds. The minimum Gasteiger partial charge on any atom is -0.497 e. The summed E-state index contributed by atoms with van der Waals surface area (Å²) < 4.78 is 22.6. The third-order valence-electron chi connectivity index (χ3n) is 6.57. The monoisotopic (exact) mass is 513 g/mol. The summed E-state index contributed by atoms with van der Waals surface area (Å²) in [6, 6.07) is 23.4. The Balaban J connectivity index is 1.51. The first-order valence-corrected chi connectivity index (χ1v) is 12.1. The fourth-order valence-corrected chi connectivity index (χ4v) is 4.57. The molecule has 0 radical (unpaired) electrons. The van der Waals surface area contributed by atoms with E-state index in [9.17, 15) is 9.59 Å². The van der Waals surface area contributed by atoms with E-state index in [2.05, 4.69) is 10.2 Å². The summed E-state index contributed by atoms with van der Waals surface area (Å²) in [7, 11) is 3.14. The molecule has 1 saturated heterocycles. The van der Waals surface area contributed by atoms with Crippen molar-refractivity contribution >= 4 is 12.0 Å². The average Bonchev–Trinajstić information content (AvgIpc) is 3.51. The van der Waals surface area contributed by atoms with Gasteiger partial charge in [0, 0.05) is 12.5 Å². The van der Waals surface area contributed by atoms with E-state index in [0.717, 1.165) is 21.6 Å². The molecule has 0 bridgehead atoms. The summed E-state index contributed by atoms with van der Waals surface area (Å²) >= 11 is 0. The van der Waals surface area contributed by atoms with Gasteiger partial charge >= 0.3 is 6.09 Å². The second-order valence-electron chi connectivity index (χ2n) is 9.02. The lowest BCUT2D eigenvalue weighted by Crippen LogP contribution is -2.41. The highest BCUT2D eigenvalue weighted by Crippen LogP contribution is 2.41. The molecule has 1 aromatic heterocycles. The van der Waals surface area contributed by atoms with Crippen LogP contribution in [0.1, 0.15) is 41.4 Å². The SMILES string of the molecule is COc1cc(Cc2nnc(C3(Cc4ccccc4)OC(=O)N(C(C)c4ccccc4)C3=O)o2)cc(OC)c1. The van der Waals surface area contributed by atoms with Gasteiger partial charge in [-0.15, -0.1) is 10.2 Å². The van der Waals surface area contributed by atoms with E-state index >= 15 is 0 Å². The topological polar surface area (TPSA) is 104 Å². The van der Waals surface area contributed by atoms with Crippen molar-refractivity contribution in [2.24, 2.45) is 0 Å². The van der Waals surface area contributed by atoms with Crippen molar-refractivity contribution in [1.82, 2.24) is 15.1 Å². The Bertz CT molecular complexity index is 1420. The van der Waals surface area contributed by atoms with E-state index in [4.69, 9.17) is 18.6 Å². The Labute approximate surface area is 220 Å². The van der Waals surface area contributed by atoms with E-state index in [1.165, 1.54) is 0 Å². The normalized spacial score (nSPS) is 17.8. The summed E-state index contributed by atoms with van der Waals surface area (Å²) in [5.41, 5.74) is 0.591. The minimum absolute atomic E-state index is 0.0467. The van der Waals surface area contributed by atoms with Crippen molar-refractivity contribution in [3.63, 3.8) is 0 Å². The fourth-order valence-electron chi connectivity index (χ4n) is 4.57. The highest BCUT2D eigenvalue weighted by molar-refractivity contribution is 6.03. The van der Waals surface area contributed by atoms with Crippen molar-refractivity contribution in [3.05, 3.63) is 107 Å². The van der Waals surface area contributed by atoms with Gasteiger partial charge in [-0.1, -0.05) is 60.7 Å². The summed E-state index contributed by atoms with van der Waals surface area (Å²) in [4.78, 5) is 28.3. The van der Waals surface area contributed by atoms with Crippen molar-refractivity contribution in [2.45, 2.75) is 31.4 Å². The first-order valence-electron chi connectivity index (χ1n) is 12.1. The predicted molar refractivity (Wildman–Crippen MR) is 137 cm³/mol. The number of carbonyl (C=O) groups excluding carboxylic acids is 2. The van der Waals surface area contributed by atoms with Crippen LogP contribution in [0.3, 0.4) is 0 Å². The summed E-state index contributed by atoms with van der Waals surface area (Å²) in [6.07, 6.45) is -0.459. The Morgan fingerprint density at radius 3 is 2.13 bits per heavy atom. The van der Waals surface area contributed by atoms with Gasteiger partial charge in [-0.3, -0.25) is 4.79 Å². The second-order valence-corrected chi connectivity index (χ2v) is 9.02. The zero-order valence-corrected chi connectivity index (χ0v) is 21.3. The number of cyclic esters (lactones) is 1. The molecule has 0 N–H and O–H groups in total. The molecule has 5 rings (SSSR count). The number of imide groups is 1. The van der Waals surface area contributed by atoms with Gasteiger partial charge in [0.25, 0.3) is 17.4 Å². The Morgan fingerprint density at radius 1 is 0.868 bits per heavy atom. The molecule has 2 unspecified atom stereocenters. The number of hydrogen-bond donors (Lipinski definition) is 0. The molecule has 2 heterocycles. The third kappa shape index (κ3) is 4.70. The predicted octanol–water partition coefficient (Wildman–Crippen LogP) is 4.86. The lowest BCUT2D eigenvalue weighted by atomic mass is 9.92. The number of methoxy groups -OCH3 is 2. The molecule has 9 nitrogen and oxygen atoms in total. The standard InChI is InChI=1S/C29H27N3O6/c1-19(22-12-8-5-9-13-22)32-27(33)29(38-28(32)34,18-20-10-6-4-7-11-20)26-31-30-25(37-26)16-21-14-23(35-2)17-24(15-21)36-3/h4-15,17,19H,16,18H2,1-3H3. The second kappa shape index (κ2) is 10.4. The van der Waals surface area contributed by atoms with Gasteiger partial charge in [0.15, 0.2) is 0 Å². The summed E-state index contributed by atoms with van der Waals surface area (Å²) in [5, 5.41) is 8.38. The molecule has 0 aliphatic carbocycles. The average molecular weight is 514 g/mol. The lowest BCUT2D eigenvalue weighted by molar-refractivity contribution is -0.140. The van der Waals surface area contributed by atoms with Crippen LogP contribution in [-0.2, 0) is 28.0 Å². The number of ether oxygens (including phenoxy) is 3. The summed E-state index contributed by atoms with van der Waals surface area (Å²) in [6.45, 7) is 1.78. The molecular formula is C29H27N3O6. The Hall–Kier alpha value is -4.66. The van der Waals surface area contributed by atoms with Crippen molar-refractivity contribution in [1.29, 1.82) is 0 Å². The Morgan fingerprint density at radius 2 is 1.50 bits per heavy atom. The maximum absolute atomic E-state index is 14.0. The smallest absolute Gasteiger partial charge is 0.418 e. The van der Waals surface area contributed by atoms with E-state index in [1.807, 2.05) is 72.8 Å². The van der Waals surface area contributed by atoms with Gasteiger partial charge in [0.2, 0.25) is 5.89 Å². The van der Waals surface area contributed by atoms with Crippen LogP contribution in [-0.4, -0.2) is 41.3 Å². The number of benzene rings is 3. The van der Waals surface area contributed by atoms with Gasteiger partial charge in [0.1, 0.15) is 11.5 Å². The number of carbonyl (C=O) groups is 2. The van der Waals surface area contributed by atoms with Gasteiger partial charge in [-0.2, -0.15) is 0 Å². The maximum atomic E-state index is 14.0. The summed E-state index contributed by atoms with van der Waals surface area (Å²) in [5.74, 6) is 0.851. The largest absolute Gasteiger partial charge is 0.497 e. The molecule has 194 valence electrons. The van der Waals surface area contributed by atoms with Crippen molar-refractivity contribution in [3.8, 4) is 11.5 Å². The van der Waals surface area contributed by atoms with E-state index in [1.54, 1.807) is 27.2 Å². The van der Waals surface area contributed by atoms with Crippen molar-refractivity contribution in [2.75, 3.05) is 14.2 Å². The number of hydrogen-bond acceptors (Lipinski definition) is 8. The van der Waals surface area contributed by atoms with Crippen LogP contribution in [0.2, 0.25) is 0 Å². The van der Waals surface area contributed by atoms with Crippen LogP contribution in [0.15, 0.2) is 83.3 Å². The van der Waals surface area contributed by atoms with Crippen LogP contribution in [0.5, 0.6) is 11.5 Å². The highest BCUT2D eigenvalue weighted by Gasteiger charge is 2.60. The number of aromatic nitrogens is 2. The quantitative estimate of drug-likeness (QED) is 0.313. The molecule has 9 heteroatoms. The Kier molecular flexibility index (Phi) is 6.83. The first kappa shape index (κ1) is 25.0. The van der Waals surface area contributed by atoms with Gasteiger partial charge in [-0.25, -0.2) is 9.69 Å². The van der Waals surface area contributed by atoms with Gasteiger partial charge < -0.3 is 18.6 Å². The maximum Gasteiger partial charge on any atom is 0.418 e. The van der Waals surface area contributed by atoms with Gasteiger partial charge in [0.05, 0.1) is 26.7 Å². The van der Waals surface area contributed by atoms with Crippen LogP contribution in [0.4, 0.5) is 4.79 Å². The number of nitrogens with zero attached hydrogens (tertiary/aromatic N) is 3. The van der Waals surface area contributed by atoms with E-state index in [0.29, 0.717) is 11.5 Å². The number of amides is 2. The van der Waals surface area contributed by atoms with Crippen LogP contribution in [0, 0.1) is 0 Å². The fraction of sp³-hybridized carbons (Fsp3) is 0.241. The molecule has 38 heavy (non-hydrogen) atoms. The molecule has 4 aromatic rings. The molecule has 1 fully saturated rings. The third-order valence-corrected chi connectivity index (χ3v) is 6.57. The molecule has 0 saturated carbocycles. The highest BCUT2D eigenvalue weighted by atomic mass is 16.6. The number of rotatable bonds is 9. The zero-order valence-electron chi connectivity index (χ0n) is 21.3. The van der Waals surface area contributed by atoms with E-state index in [-0.39, 0.29) is 24.6 Å². The van der Waals surface area contributed by atoms with Crippen LogP contribution < -0.4 is 9.47 Å². The van der Waals surface area contributed by atoms with Crippen LogP contribution in [0.25, 0.3) is 0 Å². The molecule has 2 atom stereocenters. The van der Waals surface area contributed by atoms with Crippen molar-refractivity contribution < 1.29 is 28.2 Å². The first-order chi connectivity index (χ1) is 18.4. The lowest BCUT2D eigenvalue weighted by Gasteiger charge is -2.23. The molecule has 1 aliphatic heterocycles. The molecular weight excluding hydrogens is 486 g/mol. The van der Waals surface area contributed by atoms with Gasteiger partial charge in [-0.05, 0) is 35.7 Å². The minimum atomic E-state index is -1.79. The molecule has 1 aliphatic rings.